The van der Waals surface area contributed by atoms with E-state index in [4.69, 9.17) is 19.5 Å². The number of amides is 1. The van der Waals surface area contributed by atoms with Crippen LogP contribution in [0.1, 0.15) is 32.0 Å². The summed E-state index contributed by atoms with van der Waals surface area (Å²) in [5.74, 6) is 0. The molecule has 142 valence electrons. The number of nitrogens with zero attached hydrogens (tertiary/aromatic N) is 2. The highest BCUT2D eigenvalue weighted by Gasteiger charge is 2.34. The number of nitrogens with one attached hydrogen (secondary N) is 3. The normalized spacial score (nSPS) is 19.5. The summed E-state index contributed by atoms with van der Waals surface area (Å²) < 4.78 is 15.6. The van der Waals surface area contributed by atoms with Gasteiger partial charge in [0.2, 0.25) is 0 Å². The van der Waals surface area contributed by atoms with Crippen molar-refractivity contribution < 1.29 is 23.8 Å². The van der Waals surface area contributed by atoms with E-state index in [2.05, 4.69) is 20.8 Å². The van der Waals surface area contributed by atoms with Gasteiger partial charge >= 0.3 is 12.2 Å². The molecule has 1 saturated heterocycles. The van der Waals surface area contributed by atoms with Crippen LogP contribution >= 0.6 is 0 Å². The molecule has 3 N–H and O–H groups in total. The van der Waals surface area contributed by atoms with Crippen LogP contribution in [0.4, 0.5) is 9.59 Å². The van der Waals surface area contributed by atoms with Crippen LogP contribution in [0, 0.1) is 11.3 Å². The van der Waals surface area contributed by atoms with E-state index in [1.54, 1.807) is 20.8 Å². The fourth-order valence-electron chi connectivity index (χ4n) is 2.33. The first-order valence-corrected chi connectivity index (χ1v) is 8.25. The van der Waals surface area contributed by atoms with Crippen LogP contribution in [0.2, 0.25) is 0 Å². The van der Waals surface area contributed by atoms with Gasteiger partial charge in [-0.25, -0.2) is 9.59 Å². The second-order valence-corrected chi connectivity index (χ2v) is 6.77. The second-order valence-electron chi connectivity index (χ2n) is 6.77. The lowest BCUT2D eigenvalue weighted by molar-refractivity contribution is -0.0478. The number of ether oxygens (including phenoxy) is 3. The van der Waals surface area contributed by atoms with Gasteiger partial charge < -0.3 is 24.8 Å². The number of carbonyl (C=O) groups is 2. The van der Waals surface area contributed by atoms with Crippen molar-refractivity contribution >= 4 is 12.2 Å². The number of nitriles is 1. The summed E-state index contributed by atoms with van der Waals surface area (Å²) >= 11 is 0. The van der Waals surface area contributed by atoms with E-state index in [-0.39, 0.29) is 6.54 Å². The van der Waals surface area contributed by atoms with Gasteiger partial charge in [0.25, 0.3) is 0 Å². The molecule has 0 radical (unpaired) electrons. The molecule has 1 aromatic rings. The van der Waals surface area contributed by atoms with Crippen LogP contribution in [0.25, 0.3) is 0 Å². The van der Waals surface area contributed by atoms with Gasteiger partial charge in [-0.15, -0.1) is 0 Å². The van der Waals surface area contributed by atoms with Crippen molar-refractivity contribution in [2.45, 2.75) is 45.0 Å². The minimum atomic E-state index is -0.802. The Kier molecular flexibility index (Phi) is 6.41. The van der Waals surface area contributed by atoms with E-state index in [9.17, 15) is 9.59 Å². The van der Waals surface area contributed by atoms with Crippen molar-refractivity contribution in [3.05, 3.63) is 17.5 Å². The summed E-state index contributed by atoms with van der Waals surface area (Å²) in [7, 11) is 0. The predicted molar refractivity (Wildman–Crippen MR) is 89.3 cm³/mol. The molecule has 1 aliphatic rings. The largest absolute Gasteiger partial charge is 0.509 e. The summed E-state index contributed by atoms with van der Waals surface area (Å²) in [6, 6.07) is 2.01. The number of hydrogen-bond donors (Lipinski definition) is 3. The van der Waals surface area contributed by atoms with E-state index in [0.717, 1.165) is 0 Å². The minimum absolute atomic E-state index is 0.271. The highest BCUT2D eigenvalue weighted by Crippen LogP contribution is 2.14. The average Bonchev–Trinajstić information content (AvgIpc) is 3.15. The van der Waals surface area contributed by atoms with Crippen LogP contribution < -0.4 is 10.6 Å². The molecular formula is C16H23N5O5. The zero-order valence-corrected chi connectivity index (χ0v) is 15.0. The highest BCUT2D eigenvalue weighted by molar-refractivity contribution is 5.67. The first-order chi connectivity index (χ1) is 12.3. The summed E-state index contributed by atoms with van der Waals surface area (Å²) in [5.41, 5.74) is 0.415. The third-order valence-corrected chi connectivity index (χ3v) is 3.48. The zero-order valence-electron chi connectivity index (χ0n) is 15.0. The van der Waals surface area contributed by atoms with E-state index >= 15 is 0 Å². The molecule has 2 heterocycles. The van der Waals surface area contributed by atoms with Gasteiger partial charge in [0.1, 0.15) is 11.7 Å². The second kappa shape index (κ2) is 8.53. The Morgan fingerprint density at radius 1 is 1.35 bits per heavy atom. The maximum absolute atomic E-state index is 11.9. The minimum Gasteiger partial charge on any atom is -0.441 e. The molecule has 1 fully saturated rings. The fraction of sp³-hybridized carbons (Fsp3) is 0.625. The summed E-state index contributed by atoms with van der Waals surface area (Å²) in [4.78, 5) is 23.7. The molecule has 1 aliphatic heterocycles. The van der Waals surface area contributed by atoms with Crippen molar-refractivity contribution in [2.24, 2.45) is 0 Å². The molecule has 0 spiro atoms. The number of carbonyl (C=O) groups excluding carboxylic acids is 2. The quantitative estimate of drug-likeness (QED) is 0.653. The van der Waals surface area contributed by atoms with E-state index < -0.39 is 30.1 Å². The molecule has 0 saturated carbocycles. The number of hydrogen-bond acceptors (Lipinski definition) is 8. The number of H-pyrrole nitrogens is 1. The van der Waals surface area contributed by atoms with Crippen LogP contribution in [-0.2, 0) is 20.6 Å². The first kappa shape index (κ1) is 19.5. The van der Waals surface area contributed by atoms with Gasteiger partial charge in [-0.1, -0.05) is 0 Å². The van der Waals surface area contributed by atoms with Crippen LogP contribution in [-0.4, -0.2) is 59.9 Å². The molecule has 0 aromatic carbocycles. The third kappa shape index (κ3) is 5.93. The third-order valence-electron chi connectivity index (χ3n) is 3.48. The lowest BCUT2D eigenvalue weighted by Crippen LogP contribution is -2.39. The van der Waals surface area contributed by atoms with Crippen molar-refractivity contribution in [3.8, 4) is 6.07 Å². The van der Waals surface area contributed by atoms with Gasteiger partial charge in [-0.2, -0.15) is 10.4 Å². The molecule has 10 nitrogen and oxygen atoms in total. The number of rotatable bonds is 5. The van der Waals surface area contributed by atoms with Crippen molar-refractivity contribution in [2.75, 3.05) is 19.6 Å². The molecule has 1 aromatic heterocycles. The first-order valence-electron chi connectivity index (χ1n) is 8.25. The molecule has 26 heavy (non-hydrogen) atoms. The van der Waals surface area contributed by atoms with Crippen LogP contribution in [0.5, 0.6) is 0 Å². The molecule has 10 heteroatoms. The zero-order chi connectivity index (χ0) is 19.2. The molecule has 0 aliphatic carbocycles. The number of alkyl carbamates (subject to hydrolysis) is 1. The van der Waals surface area contributed by atoms with E-state index in [0.29, 0.717) is 30.8 Å². The lowest BCUT2D eigenvalue weighted by atomic mass is 10.2. The number of aromatic nitrogens is 2. The maximum atomic E-state index is 11.9. The standard InChI is InChI=1S/C16H23N5O5/c1-16(2,3)26-15(23)25-13-9-18-8-12(13)24-14(22)19-5-4-11-10(6-17)7-20-21-11/h7,12-13,18H,4-5,8-9H2,1-3H3,(H,19,22)(H,20,21)/t12-,13-/m0/s1. The number of aromatic amines is 1. The Morgan fingerprint density at radius 3 is 2.69 bits per heavy atom. The summed E-state index contributed by atoms with van der Waals surface area (Å²) in [6.07, 6.45) is -0.814. The molecule has 2 rings (SSSR count). The van der Waals surface area contributed by atoms with Gasteiger partial charge in [0, 0.05) is 26.1 Å². The summed E-state index contributed by atoms with van der Waals surface area (Å²) in [5, 5.41) is 21.0. The Bertz CT molecular complexity index is 675. The topological polar surface area (TPSA) is 138 Å². The van der Waals surface area contributed by atoms with Crippen LogP contribution in [0.3, 0.4) is 0 Å². The average molecular weight is 365 g/mol. The Hall–Kier alpha value is -2.80. The Labute approximate surface area is 151 Å². The van der Waals surface area contributed by atoms with Crippen LogP contribution in [0.15, 0.2) is 6.20 Å². The predicted octanol–water partition coefficient (Wildman–Crippen LogP) is 0.842. The molecule has 0 unspecified atom stereocenters. The van der Waals surface area contributed by atoms with Gasteiger partial charge in [0.05, 0.1) is 17.5 Å². The highest BCUT2D eigenvalue weighted by atomic mass is 16.7. The monoisotopic (exact) mass is 365 g/mol. The van der Waals surface area contributed by atoms with E-state index in [1.165, 1.54) is 6.20 Å². The van der Waals surface area contributed by atoms with E-state index in [1.807, 2.05) is 6.07 Å². The molecule has 2 atom stereocenters. The van der Waals surface area contributed by atoms with Crippen molar-refractivity contribution in [1.29, 1.82) is 5.26 Å². The smallest absolute Gasteiger partial charge is 0.441 e. The molecule has 0 bridgehead atoms. The van der Waals surface area contributed by atoms with Gasteiger partial charge in [-0.05, 0) is 20.8 Å². The summed E-state index contributed by atoms with van der Waals surface area (Å²) in [6.45, 7) is 6.23. The SMILES string of the molecule is CC(C)(C)OC(=O)O[C@H]1CNC[C@@H]1OC(=O)NCCc1[nH]ncc1C#N. The van der Waals surface area contributed by atoms with Crippen molar-refractivity contribution in [1.82, 2.24) is 20.8 Å². The molecule has 1 amide bonds. The maximum Gasteiger partial charge on any atom is 0.509 e. The Balaban J connectivity index is 1.75. The van der Waals surface area contributed by atoms with Gasteiger partial charge in [-0.3, -0.25) is 5.10 Å². The van der Waals surface area contributed by atoms with Gasteiger partial charge in [0.15, 0.2) is 12.2 Å². The van der Waals surface area contributed by atoms with Crippen molar-refractivity contribution in [3.63, 3.8) is 0 Å². The molecular weight excluding hydrogens is 342 g/mol. The Morgan fingerprint density at radius 2 is 2.04 bits per heavy atom. The lowest BCUT2D eigenvalue weighted by Gasteiger charge is -2.23. The fourth-order valence-corrected chi connectivity index (χ4v) is 2.33.